The summed E-state index contributed by atoms with van der Waals surface area (Å²) in [6.45, 7) is 4.24. The smallest absolute Gasteiger partial charge is 0.385 e. The van der Waals surface area contributed by atoms with E-state index in [4.69, 9.17) is 5.39 Å². The van der Waals surface area contributed by atoms with E-state index >= 15 is 0 Å². The van der Waals surface area contributed by atoms with Crippen LogP contribution in [-0.4, -0.2) is 11.5 Å². The second-order valence-electron chi connectivity index (χ2n) is 2.70. The molecule has 0 atom stereocenters. The topological polar surface area (TPSA) is 83.8 Å². The predicted molar refractivity (Wildman–Crippen MR) is 52.9 cm³/mol. The summed E-state index contributed by atoms with van der Waals surface area (Å²) in [4.78, 5) is 12.4. The Morgan fingerprint density at radius 3 is 2.12 bits per heavy atom. The molecule has 0 bridgehead atoms. The van der Waals surface area contributed by atoms with Gasteiger partial charge in [-0.25, -0.2) is 0 Å². The average molecular weight is 242 g/mol. The van der Waals surface area contributed by atoms with Crippen LogP contribution in [0.3, 0.4) is 0 Å². The van der Waals surface area contributed by atoms with Gasteiger partial charge in [-0.2, -0.15) is 0 Å². The van der Waals surface area contributed by atoms with Gasteiger partial charge in [0.2, 0.25) is 5.39 Å². The minimum absolute atomic E-state index is 0. The molecule has 0 unspecified atom stereocenters. The molecule has 1 fully saturated rings. The van der Waals surface area contributed by atoms with E-state index in [1.54, 1.807) is 0 Å². The number of nitrogens with zero attached hydrogens (tertiary/aromatic N) is 3. The van der Waals surface area contributed by atoms with Gasteiger partial charge in [0, 0.05) is 24.3 Å². The van der Waals surface area contributed by atoms with Crippen LogP contribution in [-0.2, 0) is 4.74 Å². The Bertz CT molecular complexity index is 419. The predicted octanol–water partition coefficient (Wildman–Crippen LogP) is -0.386. The summed E-state index contributed by atoms with van der Waals surface area (Å²) >= 11 is 0. The lowest BCUT2D eigenvalue weighted by molar-refractivity contribution is -0.384. The fourth-order valence-electron chi connectivity index (χ4n) is 0.692. The molecule has 1 heterocycles. The fourth-order valence-corrected chi connectivity index (χ4v) is 0.692. The minimum atomic E-state index is -0.513. The Balaban J connectivity index is 0.000000380. The highest BCUT2D eigenvalue weighted by atomic mass is 35.5. The molecule has 7 heteroatoms. The molecule has 1 aliphatic heterocycles. The van der Waals surface area contributed by atoms with Gasteiger partial charge in [-0.1, -0.05) is 6.58 Å². The monoisotopic (exact) mass is 241 g/mol. The van der Waals surface area contributed by atoms with Crippen LogP contribution in [0.5, 0.6) is 0 Å². The van der Waals surface area contributed by atoms with E-state index in [-0.39, 0.29) is 18.1 Å². The summed E-state index contributed by atoms with van der Waals surface area (Å²) in [5.41, 5.74) is 0.285. The highest BCUT2D eigenvalue weighted by Gasteiger charge is 2.08. The minimum Gasteiger partial charge on any atom is -1.00 e. The maximum Gasteiger partial charge on any atom is 0.385 e. The van der Waals surface area contributed by atoms with Gasteiger partial charge in [0.25, 0.3) is 5.69 Å². The molecule has 1 aliphatic rings. The molecule has 0 aromatic heterocycles. The maximum atomic E-state index is 10.1. The highest BCUT2D eigenvalue weighted by molar-refractivity contribution is 5.48. The van der Waals surface area contributed by atoms with Crippen molar-refractivity contribution in [2.75, 3.05) is 6.61 Å². The van der Waals surface area contributed by atoms with Crippen molar-refractivity contribution < 1.29 is 22.1 Å². The van der Waals surface area contributed by atoms with Crippen molar-refractivity contribution in [3.63, 3.8) is 0 Å². The Hall–Kier alpha value is -2.13. The maximum absolute atomic E-state index is 10.1. The number of non-ortho nitro benzene ring substituents is 1. The largest absolute Gasteiger partial charge is 1.00 e. The van der Waals surface area contributed by atoms with Crippen molar-refractivity contribution in [3.8, 4) is 0 Å². The average Bonchev–Trinajstić information content (AvgIpc) is 3.02. The van der Waals surface area contributed by atoms with E-state index in [0.29, 0.717) is 5.69 Å². The van der Waals surface area contributed by atoms with Gasteiger partial charge in [-0.3, -0.25) is 10.1 Å². The van der Waals surface area contributed by atoms with E-state index in [2.05, 4.69) is 16.3 Å². The lowest BCUT2D eigenvalue weighted by atomic mass is 10.3. The van der Waals surface area contributed by atoms with Crippen LogP contribution in [0.1, 0.15) is 0 Å². The van der Waals surface area contributed by atoms with Crippen LogP contribution >= 0.6 is 0 Å². The third kappa shape index (κ3) is 4.93. The lowest BCUT2D eigenvalue weighted by Gasteiger charge is -1.84. The Kier molecular flexibility index (Phi) is 5.52. The standard InChI is InChI=1S/C6H4N3O2.C3H4O.ClH/c7-8-5-1-3-6(4-2-5)9(10)11;1-3-2-4-3;/h1-4H;1-2H2;1H/q+1;;/p-1. The number of epoxide rings is 1. The number of ether oxygens (including phenoxy) is 1. The zero-order valence-electron chi connectivity index (χ0n) is 8.17. The molecule has 1 aromatic carbocycles. The van der Waals surface area contributed by atoms with E-state index in [1.807, 2.05) is 0 Å². The molecule has 84 valence electrons. The number of benzene rings is 1. The number of halogens is 1. The Morgan fingerprint density at radius 2 is 1.88 bits per heavy atom. The highest BCUT2D eigenvalue weighted by Crippen LogP contribution is 2.16. The Morgan fingerprint density at radius 1 is 1.44 bits per heavy atom. The van der Waals surface area contributed by atoms with Crippen molar-refractivity contribution in [1.29, 1.82) is 5.39 Å². The van der Waals surface area contributed by atoms with Crippen LogP contribution in [0.2, 0.25) is 0 Å². The van der Waals surface area contributed by atoms with E-state index in [0.717, 1.165) is 12.4 Å². The molecular weight excluding hydrogens is 234 g/mol. The SMILES string of the molecule is C=C1CO1.N#[N+]c1ccc([N+](=O)[O-])cc1.[Cl-]. The zero-order valence-corrected chi connectivity index (χ0v) is 8.92. The van der Waals surface area contributed by atoms with Gasteiger partial charge in [0.05, 0.1) is 4.92 Å². The molecule has 2 rings (SSSR count). The summed E-state index contributed by atoms with van der Waals surface area (Å²) in [5.74, 6) is 0.917. The molecule has 16 heavy (non-hydrogen) atoms. The Labute approximate surface area is 97.7 Å². The van der Waals surface area contributed by atoms with Gasteiger partial charge in [-0.05, 0) is 0 Å². The van der Waals surface area contributed by atoms with Crippen molar-refractivity contribution in [3.05, 3.63) is 51.7 Å². The molecule has 0 spiro atoms. The first-order valence-corrected chi connectivity index (χ1v) is 4.03. The first kappa shape index (κ1) is 13.9. The van der Waals surface area contributed by atoms with Crippen LogP contribution in [0, 0.1) is 15.5 Å². The van der Waals surface area contributed by atoms with Crippen LogP contribution in [0.25, 0.3) is 4.98 Å². The number of hydrogen-bond acceptors (Lipinski definition) is 4. The molecule has 0 aliphatic carbocycles. The molecule has 0 saturated carbocycles. The first-order valence-electron chi connectivity index (χ1n) is 4.03. The number of rotatable bonds is 1. The van der Waals surface area contributed by atoms with Crippen molar-refractivity contribution in [1.82, 2.24) is 0 Å². The van der Waals surface area contributed by atoms with Gasteiger partial charge >= 0.3 is 5.69 Å². The molecule has 0 amide bonds. The second kappa shape index (κ2) is 6.37. The summed E-state index contributed by atoms with van der Waals surface area (Å²) in [6, 6.07) is 5.26. The number of diazo groups is 1. The second-order valence-corrected chi connectivity index (χ2v) is 2.70. The van der Waals surface area contributed by atoms with E-state index in [1.165, 1.54) is 24.3 Å². The quantitative estimate of drug-likeness (QED) is 0.290. The third-order valence-corrected chi connectivity index (χ3v) is 1.52. The summed E-state index contributed by atoms with van der Waals surface area (Å²) in [5, 5.41) is 18.3. The van der Waals surface area contributed by atoms with Gasteiger partial charge in [-0.15, -0.1) is 0 Å². The van der Waals surface area contributed by atoms with Crippen molar-refractivity contribution in [2.24, 2.45) is 0 Å². The molecule has 1 saturated heterocycles. The zero-order chi connectivity index (χ0) is 11.3. The van der Waals surface area contributed by atoms with Crippen molar-refractivity contribution in [2.45, 2.75) is 0 Å². The molecule has 1 aromatic rings. The van der Waals surface area contributed by atoms with Crippen LogP contribution in [0.4, 0.5) is 11.4 Å². The van der Waals surface area contributed by atoms with E-state index in [9.17, 15) is 10.1 Å². The normalized spacial score (nSPS) is 10.8. The summed E-state index contributed by atoms with van der Waals surface area (Å²) in [7, 11) is 0. The molecule has 0 radical (unpaired) electrons. The third-order valence-electron chi connectivity index (χ3n) is 1.52. The lowest BCUT2D eigenvalue weighted by Crippen LogP contribution is -3.00. The number of nitro groups is 1. The van der Waals surface area contributed by atoms with Crippen LogP contribution < -0.4 is 12.4 Å². The molecule has 6 nitrogen and oxygen atoms in total. The van der Waals surface area contributed by atoms with Crippen molar-refractivity contribution >= 4 is 11.4 Å². The number of hydrogen-bond donors (Lipinski definition) is 0. The molecule has 0 N–H and O–H groups in total. The number of nitro benzene ring substituents is 1. The fraction of sp³-hybridized carbons (Fsp3) is 0.111. The van der Waals surface area contributed by atoms with Crippen LogP contribution in [0.15, 0.2) is 36.6 Å². The summed E-state index contributed by atoms with van der Waals surface area (Å²) < 4.78 is 4.51. The molecular formula is C9H8ClN3O3. The van der Waals surface area contributed by atoms with Gasteiger partial charge in [0.15, 0.2) is 4.98 Å². The van der Waals surface area contributed by atoms with E-state index < -0.39 is 4.92 Å². The van der Waals surface area contributed by atoms with Gasteiger partial charge < -0.3 is 17.1 Å². The summed E-state index contributed by atoms with van der Waals surface area (Å²) in [6.07, 6.45) is 0. The van der Waals surface area contributed by atoms with Gasteiger partial charge in [0.1, 0.15) is 12.4 Å². The first-order chi connectivity index (χ1) is 7.13.